The lowest BCUT2D eigenvalue weighted by atomic mass is 10.4. The first-order chi connectivity index (χ1) is 6.68. The molecule has 0 atom stereocenters. The van der Waals surface area contributed by atoms with Crippen molar-refractivity contribution in [1.29, 1.82) is 0 Å². The van der Waals surface area contributed by atoms with Crippen molar-refractivity contribution in [2.45, 2.75) is 6.92 Å². The monoisotopic (exact) mass is 194 g/mol. The number of pyridine rings is 1. The highest BCUT2D eigenvalue weighted by Gasteiger charge is 2.03. The maximum Gasteiger partial charge on any atom is 0.303 e. The van der Waals surface area contributed by atoms with Gasteiger partial charge in [-0.05, 0) is 12.1 Å². The number of rotatable bonds is 3. The van der Waals surface area contributed by atoms with Gasteiger partial charge in [-0.15, -0.1) is 0 Å². The molecular weight excluding hydrogens is 184 g/mol. The van der Waals surface area contributed by atoms with E-state index >= 15 is 0 Å². The van der Waals surface area contributed by atoms with Crippen LogP contribution in [0.25, 0.3) is 0 Å². The second kappa shape index (κ2) is 4.96. The summed E-state index contributed by atoms with van der Waals surface area (Å²) in [4.78, 5) is 25.3. The molecule has 5 nitrogen and oxygen atoms in total. The Hall–Kier alpha value is -1.91. The zero-order chi connectivity index (χ0) is 10.4. The maximum absolute atomic E-state index is 11.1. The minimum Gasteiger partial charge on any atom is -0.456 e. The first-order valence-corrected chi connectivity index (χ1v) is 4.03. The Balaban J connectivity index is 2.38. The largest absolute Gasteiger partial charge is 0.456 e. The van der Waals surface area contributed by atoms with E-state index in [9.17, 15) is 9.59 Å². The molecule has 0 aromatic carbocycles. The van der Waals surface area contributed by atoms with Crippen LogP contribution in [0.2, 0.25) is 0 Å². The number of hydrogen-bond donors (Lipinski definition) is 1. The molecule has 0 saturated carbocycles. The van der Waals surface area contributed by atoms with E-state index in [0.717, 1.165) is 0 Å². The molecule has 0 bridgehead atoms. The number of anilines is 1. The van der Waals surface area contributed by atoms with Crippen LogP contribution in [0.5, 0.6) is 0 Å². The quantitative estimate of drug-likeness (QED) is 0.715. The zero-order valence-electron chi connectivity index (χ0n) is 7.69. The van der Waals surface area contributed by atoms with Crippen molar-refractivity contribution in [2.75, 3.05) is 11.9 Å². The van der Waals surface area contributed by atoms with E-state index in [1.54, 1.807) is 24.4 Å². The second-order valence-electron chi connectivity index (χ2n) is 2.54. The lowest BCUT2D eigenvalue weighted by Crippen LogP contribution is -2.20. The molecule has 1 aromatic heterocycles. The number of carbonyl (C=O) groups is 2. The van der Waals surface area contributed by atoms with Gasteiger partial charge in [-0.2, -0.15) is 0 Å². The van der Waals surface area contributed by atoms with Gasteiger partial charge in [0.2, 0.25) is 0 Å². The summed E-state index contributed by atoms with van der Waals surface area (Å²) in [5, 5.41) is 2.47. The van der Waals surface area contributed by atoms with E-state index < -0.39 is 11.9 Å². The van der Waals surface area contributed by atoms with E-state index in [4.69, 9.17) is 0 Å². The van der Waals surface area contributed by atoms with E-state index in [0.29, 0.717) is 5.82 Å². The highest BCUT2D eigenvalue weighted by Crippen LogP contribution is 1.98. The van der Waals surface area contributed by atoms with Gasteiger partial charge in [0.25, 0.3) is 5.91 Å². The molecular formula is C9H10N2O3. The molecule has 1 heterocycles. The van der Waals surface area contributed by atoms with Gasteiger partial charge >= 0.3 is 5.97 Å². The molecule has 1 rings (SSSR count). The summed E-state index contributed by atoms with van der Waals surface area (Å²) >= 11 is 0. The Morgan fingerprint density at radius 2 is 2.29 bits per heavy atom. The molecule has 0 aliphatic heterocycles. The fourth-order valence-corrected chi connectivity index (χ4v) is 0.783. The van der Waals surface area contributed by atoms with Crippen LogP contribution in [0.4, 0.5) is 5.82 Å². The SMILES string of the molecule is CC(=O)OCC(=O)Nc1ccccn1. The Bertz CT molecular complexity index is 324. The van der Waals surface area contributed by atoms with Gasteiger partial charge in [-0.25, -0.2) is 4.98 Å². The zero-order valence-corrected chi connectivity index (χ0v) is 7.69. The summed E-state index contributed by atoms with van der Waals surface area (Å²) in [6.45, 7) is 0.958. The van der Waals surface area contributed by atoms with Crippen molar-refractivity contribution in [3.8, 4) is 0 Å². The Morgan fingerprint density at radius 3 is 2.86 bits per heavy atom. The average Bonchev–Trinajstić information content (AvgIpc) is 2.16. The molecule has 0 unspecified atom stereocenters. The highest BCUT2D eigenvalue weighted by atomic mass is 16.5. The number of aromatic nitrogens is 1. The molecule has 0 fully saturated rings. The number of carbonyl (C=O) groups excluding carboxylic acids is 2. The lowest BCUT2D eigenvalue weighted by molar-refractivity contribution is -0.144. The third-order valence-electron chi connectivity index (χ3n) is 1.34. The summed E-state index contributed by atoms with van der Waals surface area (Å²) in [7, 11) is 0. The first kappa shape index (κ1) is 10.2. The van der Waals surface area contributed by atoms with E-state index in [-0.39, 0.29) is 6.61 Å². The topological polar surface area (TPSA) is 68.3 Å². The minimum atomic E-state index is -0.485. The van der Waals surface area contributed by atoms with Crippen LogP contribution in [-0.4, -0.2) is 23.5 Å². The van der Waals surface area contributed by atoms with Crippen molar-refractivity contribution in [2.24, 2.45) is 0 Å². The standard InChI is InChI=1S/C9H10N2O3/c1-7(12)14-6-9(13)11-8-4-2-3-5-10-8/h2-5H,6H2,1H3,(H,10,11,13). The maximum atomic E-state index is 11.1. The predicted molar refractivity (Wildman–Crippen MR) is 49.5 cm³/mol. The second-order valence-corrected chi connectivity index (χ2v) is 2.54. The number of ether oxygens (including phenoxy) is 1. The summed E-state index contributed by atoms with van der Waals surface area (Å²) in [6, 6.07) is 5.13. The molecule has 1 aromatic rings. The van der Waals surface area contributed by atoms with Crippen molar-refractivity contribution in [1.82, 2.24) is 4.98 Å². The normalized spacial score (nSPS) is 9.21. The molecule has 1 amide bonds. The summed E-state index contributed by atoms with van der Waals surface area (Å²) in [5.41, 5.74) is 0. The van der Waals surface area contributed by atoms with Crippen LogP contribution in [0.15, 0.2) is 24.4 Å². The highest BCUT2D eigenvalue weighted by molar-refractivity contribution is 5.91. The fraction of sp³-hybridized carbons (Fsp3) is 0.222. The van der Waals surface area contributed by atoms with Crippen LogP contribution >= 0.6 is 0 Å². The minimum absolute atomic E-state index is 0.286. The van der Waals surface area contributed by atoms with Gasteiger partial charge in [0.15, 0.2) is 6.61 Å². The molecule has 14 heavy (non-hydrogen) atoms. The van der Waals surface area contributed by atoms with Gasteiger partial charge in [-0.1, -0.05) is 6.07 Å². The number of nitrogens with one attached hydrogen (secondary N) is 1. The third-order valence-corrected chi connectivity index (χ3v) is 1.34. The third kappa shape index (κ3) is 3.66. The van der Waals surface area contributed by atoms with Gasteiger partial charge in [-0.3, -0.25) is 9.59 Å². The van der Waals surface area contributed by atoms with Gasteiger partial charge in [0, 0.05) is 13.1 Å². The number of hydrogen-bond acceptors (Lipinski definition) is 4. The lowest BCUT2D eigenvalue weighted by Gasteiger charge is -2.03. The molecule has 1 N–H and O–H groups in total. The molecule has 0 aliphatic carbocycles. The summed E-state index contributed by atoms with van der Waals surface area (Å²) in [5.74, 6) is -0.454. The Morgan fingerprint density at radius 1 is 1.50 bits per heavy atom. The number of amides is 1. The van der Waals surface area contributed by atoms with E-state index in [1.807, 2.05) is 0 Å². The molecule has 0 saturated heterocycles. The van der Waals surface area contributed by atoms with Crippen LogP contribution in [0.3, 0.4) is 0 Å². The summed E-state index contributed by atoms with van der Waals surface area (Å²) in [6.07, 6.45) is 1.56. The van der Waals surface area contributed by atoms with Crippen LogP contribution in [0, 0.1) is 0 Å². The van der Waals surface area contributed by atoms with Gasteiger partial charge < -0.3 is 10.1 Å². The summed E-state index contributed by atoms with van der Waals surface area (Å²) < 4.78 is 4.50. The average molecular weight is 194 g/mol. The van der Waals surface area contributed by atoms with Crippen molar-refractivity contribution >= 4 is 17.7 Å². The first-order valence-electron chi connectivity index (χ1n) is 4.03. The molecule has 74 valence electrons. The Labute approximate surface area is 81.1 Å². The smallest absolute Gasteiger partial charge is 0.303 e. The fourth-order valence-electron chi connectivity index (χ4n) is 0.783. The van der Waals surface area contributed by atoms with Crippen LogP contribution < -0.4 is 5.32 Å². The number of nitrogens with zero attached hydrogens (tertiary/aromatic N) is 1. The molecule has 0 radical (unpaired) electrons. The Kier molecular flexibility index (Phi) is 3.60. The van der Waals surface area contributed by atoms with Crippen molar-refractivity contribution in [3.05, 3.63) is 24.4 Å². The van der Waals surface area contributed by atoms with Crippen LogP contribution in [0.1, 0.15) is 6.92 Å². The predicted octanol–water partition coefficient (Wildman–Crippen LogP) is 0.583. The van der Waals surface area contributed by atoms with Crippen LogP contribution in [-0.2, 0) is 14.3 Å². The molecule has 5 heteroatoms. The van der Waals surface area contributed by atoms with Crippen molar-refractivity contribution < 1.29 is 14.3 Å². The van der Waals surface area contributed by atoms with E-state index in [2.05, 4.69) is 15.0 Å². The van der Waals surface area contributed by atoms with Gasteiger partial charge in [0.05, 0.1) is 0 Å². The van der Waals surface area contributed by atoms with E-state index in [1.165, 1.54) is 6.92 Å². The van der Waals surface area contributed by atoms with Gasteiger partial charge in [0.1, 0.15) is 5.82 Å². The number of esters is 1. The molecule has 0 spiro atoms. The molecule has 0 aliphatic rings. The van der Waals surface area contributed by atoms with Crippen molar-refractivity contribution in [3.63, 3.8) is 0 Å².